The van der Waals surface area contributed by atoms with Gasteiger partial charge in [-0.25, -0.2) is 5.84 Å². The molecule has 0 spiro atoms. The molecule has 1 aromatic heterocycles. The first kappa shape index (κ1) is 13.8. The van der Waals surface area contributed by atoms with Crippen LogP contribution in [0.15, 0.2) is 0 Å². The molecule has 0 unspecified atom stereocenters. The molecule has 19 heavy (non-hydrogen) atoms. The van der Waals surface area contributed by atoms with E-state index in [9.17, 15) is 0 Å². The summed E-state index contributed by atoms with van der Waals surface area (Å²) in [7, 11) is 3.76. The highest BCUT2D eigenvalue weighted by Crippen LogP contribution is 2.22. The SMILES string of the molecule is CN(C)c1nc(NN)nc(N2CCOC(C)(C)C2)n1. The third kappa shape index (κ3) is 3.21. The second kappa shape index (κ2) is 5.14. The molecule has 1 aliphatic heterocycles. The lowest BCUT2D eigenvalue weighted by Crippen LogP contribution is -2.49. The van der Waals surface area contributed by atoms with Gasteiger partial charge in [-0.1, -0.05) is 0 Å². The second-order valence-electron chi connectivity index (χ2n) is 5.33. The minimum absolute atomic E-state index is 0.209. The van der Waals surface area contributed by atoms with E-state index >= 15 is 0 Å². The standard InChI is InChI=1S/C11H21N7O/c1-11(2)7-18(5-6-19-11)10-14-8(16-12)13-9(15-10)17(3)4/h5-7,12H2,1-4H3,(H,13,14,15,16). The molecular formula is C11H21N7O. The van der Waals surface area contributed by atoms with Crippen molar-refractivity contribution in [1.82, 2.24) is 15.0 Å². The lowest BCUT2D eigenvalue weighted by Gasteiger charge is -2.38. The fourth-order valence-corrected chi connectivity index (χ4v) is 1.95. The Morgan fingerprint density at radius 2 is 2.05 bits per heavy atom. The van der Waals surface area contributed by atoms with Gasteiger partial charge in [-0.3, -0.25) is 5.43 Å². The molecule has 0 amide bonds. The predicted octanol–water partition coefficient (Wildman–Crippen LogP) is -0.162. The first-order valence-corrected chi connectivity index (χ1v) is 6.20. The Kier molecular flexibility index (Phi) is 3.72. The molecule has 0 radical (unpaired) electrons. The molecule has 106 valence electrons. The monoisotopic (exact) mass is 267 g/mol. The Balaban J connectivity index is 2.30. The Morgan fingerprint density at radius 1 is 1.32 bits per heavy atom. The fourth-order valence-electron chi connectivity index (χ4n) is 1.95. The molecule has 1 aromatic rings. The number of aromatic nitrogens is 3. The molecule has 1 fully saturated rings. The maximum absolute atomic E-state index is 5.69. The van der Waals surface area contributed by atoms with Crippen LogP contribution in [-0.4, -0.2) is 54.3 Å². The van der Waals surface area contributed by atoms with Crippen LogP contribution in [0, 0.1) is 0 Å². The average molecular weight is 267 g/mol. The molecular weight excluding hydrogens is 246 g/mol. The van der Waals surface area contributed by atoms with Crippen molar-refractivity contribution in [3.05, 3.63) is 0 Å². The summed E-state index contributed by atoms with van der Waals surface area (Å²) in [5.41, 5.74) is 2.27. The largest absolute Gasteiger partial charge is 0.372 e. The minimum atomic E-state index is -0.209. The first-order valence-electron chi connectivity index (χ1n) is 6.20. The van der Waals surface area contributed by atoms with Crippen LogP contribution in [0.25, 0.3) is 0 Å². The quantitative estimate of drug-likeness (QED) is 0.576. The van der Waals surface area contributed by atoms with Gasteiger partial charge in [0.25, 0.3) is 0 Å². The van der Waals surface area contributed by atoms with E-state index in [0.29, 0.717) is 24.5 Å². The summed E-state index contributed by atoms with van der Waals surface area (Å²) in [5, 5.41) is 0. The van der Waals surface area contributed by atoms with Gasteiger partial charge in [-0.2, -0.15) is 15.0 Å². The Morgan fingerprint density at radius 3 is 2.63 bits per heavy atom. The number of nitrogens with two attached hydrogens (primary N) is 1. The highest BCUT2D eigenvalue weighted by molar-refractivity contribution is 5.44. The molecule has 0 saturated carbocycles. The van der Waals surface area contributed by atoms with Gasteiger partial charge < -0.3 is 14.5 Å². The van der Waals surface area contributed by atoms with Gasteiger partial charge in [-0.15, -0.1) is 0 Å². The van der Waals surface area contributed by atoms with Gasteiger partial charge in [0.1, 0.15) is 0 Å². The van der Waals surface area contributed by atoms with Crippen LogP contribution in [0.5, 0.6) is 0 Å². The number of anilines is 3. The van der Waals surface area contributed by atoms with E-state index in [-0.39, 0.29) is 5.60 Å². The number of morpholine rings is 1. The Labute approximate surface area is 112 Å². The van der Waals surface area contributed by atoms with Crippen molar-refractivity contribution in [3.63, 3.8) is 0 Å². The predicted molar refractivity (Wildman–Crippen MR) is 74.2 cm³/mol. The Bertz CT molecular complexity index is 449. The normalized spacial score (nSPS) is 18.3. The molecule has 3 N–H and O–H groups in total. The number of ether oxygens (including phenoxy) is 1. The van der Waals surface area contributed by atoms with Gasteiger partial charge in [0.05, 0.1) is 12.2 Å². The van der Waals surface area contributed by atoms with Crippen molar-refractivity contribution >= 4 is 17.8 Å². The van der Waals surface area contributed by atoms with E-state index in [4.69, 9.17) is 10.6 Å². The highest BCUT2D eigenvalue weighted by atomic mass is 16.5. The van der Waals surface area contributed by atoms with Crippen molar-refractivity contribution < 1.29 is 4.74 Å². The summed E-state index contributed by atoms with van der Waals surface area (Å²) >= 11 is 0. The molecule has 1 aliphatic rings. The van der Waals surface area contributed by atoms with Crippen LogP contribution < -0.4 is 21.1 Å². The summed E-state index contributed by atoms with van der Waals surface area (Å²) in [6.45, 7) is 6.24. The van der Waals surface area contributed by atoms with Crippen molar-refractivity contribution in [2.24, 2.45) is 5.84 Å². The summed E-state index contributed by atoms with van der Waals surface area (Å²) in [4.78, 5) is 16.8. The molecule has 0 aromatic carbocycles. The molecule has 2 heterocycles. The molecule has 2 rings (SSSR count). The van der Waals surface area contributed by atoms with Crippen molar-refractivity contribution in [3.8, 4) is 0 Å². The number of rotatable bonds is 3. The number of nitrogens with zero attached hydrogens (tertiary/aromatic N) is 5. The van der Waals surface area contributed by atoms with Crippen molar-refractivity contribution in [2.75, 3.05) is 49.0 Å². The Hall–Kier alpha value is -1.67. The summed E-state index contributed by atoms with van der Waals surface area (Å²) in [6.07, 6.45) is 0. The van der Waals surface area contributed by atoms with Gasteiger partial charge in [0, 0.05) is 27.2 Å². The summed E-state index contributed by atoms with van der Waals surface area (Å²) in [5.74, 6) is 6.95. The van der Waals surface area contributed by atoms with E-state index in [1.165, 1.54) is 0 Å². The van der Waals surface area contributed by atoms with Crippen molar-refractivity contribution in [1.29, 1.82) is 0 Å². The molecule has 0 aliphatic carbocycles. The molecule has 8 nitrogen and oxygen atoms in total. The number of hydrazine groups is 1. The van der Waals surface area contributed by atoms with Crippen molar-refractivity contribution in [2.45, 2.75) is 19.4 Å². The van der Waals surface area contributed by atoms with E-state index in [1.54, 1.807) is 0 Å². The fraction of sp³-hybridized carbons (Fsp3) is 0.727. The molecule has 1 saturated heterocycles. The molecule has 0 bridgehead atoms. The average Bonchev–Trinajstić information content (AvgIpc) is 2.37. The van der Waals surface area contributed by atoms with E-state index in [2.05, 4.69) is 39.1 Å². The first-order chi connectivity index (χ1) is 8.91. The molecule has 0 atom stereocenters. The lowest BCUT2D eigenvalue weighted by atomic mass is 10.1. The van der Waals surface area contributed by atoms with E-state index in [1.807, 2.05) is 19.0 Å². The number of nitrogens with one attached hydrogen (secondary N) is 1. The van der Waals surface area contributed by atoms with Gasteiger partial charge in [-0.05, 0) is 13.8 Å². The number of hydrogen-bond acceptors (Lipinski definition) is 8. The third-order valence-corrected chi connectivity index (χ3v) is 2.85. The highest BCUT2D eigenvalue weighted by Gasteiger charge is 2.29. The second-order valence-corrected chi connectivity index (χ2v) is 5.33. The zero-order valence-corrected chi connectivity index (χ0v) is 11.8. The van der Waals surface area contributed by atoms with Gasteiger partial charge in [0.2, 0.25) is 17.8 Å². The van der Waals surface area contributed by atoms with Crippen LogP contribution in [0.3, 0.4) is 0 Å². The minimum Gasteiger partial charge on any atom is -0.372 e. The summed E-state index contributed by atoms with van der Waals surface area (Å²) in [6, 6.07) is 0. The lowest BCUT2D eigenvalue weighted by molar-refractivity contribution is -0.0281. The van der Waals surface area contributed by atoms with Crippen LogP contribution in [0.2, 0.25) is 0 Å². The smallest absolute Gasteiger partial charge is 0.243 e. The number of hydrogen-bond donors (Lipinski definition) is 2. The maximum Gasteiger partial charge on any atom is 0.243 e. The van der Waals surface area contributed by atoms with E-state index in [0.717, 1.165) is 13.1 Å². The zero-order valence-electron chi connectivity index (χ0n) is 11.8. The zero-order chi connectivity index (χ0) is 14.0. The van der Waals surface area contributed by atoms with Crippen LogP contribution in [-0.2, 0) is 4.74 Å². The summed E-state index contributed by atoms with van der Waals surface area (Å²) < 4.78 is 5.69. The topological polar surface area (TPSA) is 92.4 Å². The van der Waals surface area contributed by atoms with Crippen LogP contribution in [0.4, 0.5) is 17.8 Å². The third-order valence-electron chi connectivity index (χ3n) is 2.85. The van der Waals surface area contributed by atoms with E-state index < -0.39 is 0 Å². The van der Waals surface area contributed by atoms with Crippen LogP contribution >= 0.6 is 0 Å². The van der Waals surface area contributed by atoms with Gasteiger partial charge in [0.15, 0.2) is 0 Å². The number of nitrogen functional groups attached to an aromatic ring is 1. The molecule has 8 heteroatoms. The maximum atomic E-state index is 5.69. The van der Waals surface area contributed by atoms with Crippen LogP contribution in [0.1, 0.15) is 13.8 Å². The van der Waals surface area contributed by atoms with Gasteiger partial charge >= 0.3 is 0 Å².